The van der Waals surface area contributed by atoms with E-state index >= 15 is 0 Å². The fourth-order valence-electron chi connectivity index (χ4n) is 4.63. The Kier molecular flexibility index (Phi) is 4.52. The maximum atomic E-state index is 14.1. The fraction of sp³-hybridized carbons (Fsp3) is 0.409. The maximum Gasteiger partial charge on any atom is 0.433 e. The lowest BCUT2D eigenvalue weighted by Crippen LogP contribution is -2.36. The van der Waals surface area contributed by atoms with Gasteiger partial charge in [0.25, 0.3) is 5.91 Å². The average molecular weight is 414 g/mol. The van der Waals surface area contributed by atoms with Crippen molar-refractivity contribution in [3.05, 3.63) is 52.8 Å². The van der Waals surface area contributed by atoms with E-state index in [0.717, 1.165) is 42.2 Å². The van der Waals surface area contributed by atoms with Crippen molar-refractivity contribution >= 4 is 11.6 Å². The van der Waals surface area contributed by atoms with Crippen LogP contribution in [0.25, 0.3) is 16.9 Å². The summed E-state index contributed by atoms with van der Waals surface area (Å²) in [6, 6.07) is 8.78. The molecule has 5 nitrogen and oxygen atoms in total. The van der Waals surface area contributed by atoms with Crippen molar-refractivity contribution in [1.29, 1.82) is 0 Å². The number of hydrogen-bond donors (Lipinski definition) is 1. The maximum absolute atomic E-state index is 14.1. The van der Waals surface area contributed by atoms with E-state index in [2.05, 4.69) is 15.4 Å². The molecule has 5 rings (SSSR count). The average Bonchev–Trinajstić information content (AvgIpc) is 3.15. The Labute approximate surface area is 171 Å². The van der Waals surface area contributed by atoms with Crippen molar-refractivity contribution in [1.82, 2.24) is 19.9 Å². The van der Waals surface area contributed by atoms with Crippen molar-refractivity contribution in [3.63, 3.8) is 0 Å². The highest BCUT2D eigenvalue weighted by Gasteiger charge is 2.40. The number of nitrogens with one attached hydrogen (secondary N) is 1. The summed E-state index contributed by atoms with van der Waals surface area (Å²) in [4.78, 5) is 17.2. The summed E-state index contributed by atoms with van der Waals surface area (Å²) < 4.78 is 43.0. The molecular weight excluding hydrogens is 393 g/mol. The standard InChI is InChI=1S/C22H21F3N4O/c23-22(24,25)20-16-11-10-13-6-4-5-9-15(13)19(16)27-18-12-17(28-29(18)20)21(30)26-14-7-2-1-3-8-14/h4-6,9,12,14H,1-3,7-8,10-11H2,(H,26,30). The number of fused-ring (bicyclic) bond motifs is 4. The molecule has 1 aromatic carbocycles. The summed E-state index contributed by atoms with van der Waals surface area (Å²) in [7, 11) is 0. The highest BCUT2D eigenvalue weighted by molar-refractivity contribution is 5.93. The summed E-state index contributed by atoms with van der Waals surface area (Å²) in [5.41, 5.74) is 1.31. The van der Waals surface area contributed by atoms with Crippen molar-refractivity contribution in [2.45, 2.75) is 57.2 Å². The van der Waals surface area contributed by atoms with E-state index in [1.54, 1.807) is 12.1 Å². The summed E-state index contributed by atoms with van der Waals surface area (Å²) in [5, 5.41) is 6.95. The number of nitrogens with zero attached hydrogens (tertiary/aromatic N) is 3. The Morgan fingerprint density at radius 3 is 2.63 bits per heavy atom. The normalized spacial score (nSPS) is 16.9. The van der Waals surface area contributed by atoms with Crippen LogP contribution in [0.1, 0.15) is 59.4 Å². The molecule has 0 unspecified atom stereocenters. The molecule has 2 heterocycles. The second-order valence-corrected chi connectivity index (χ2v) is 8.05. The Bertz CT molecular complexity index is 1130. The predicted molar refractivity (Wildman–Crippen MR) is 105 cm³/mol. The number of carbonyl (C=O) groups excluding carboxylic acids is 1. The van der Waals surface area contributed by atoms with E-state index < -0.39 is 17.8 Å². The van der Waals surface area contributed by atoms with Gasteiger partial charge in [0.15, 0.2) is 17.0 Å². The van der Waals surface area contributed by atoms with Crippen LogP contribution in [-0.4, -0.2) is 26.5 Å². The van der Waals surface area contributed by atoms with Crippen LogP contribution in [0.2, 0.25) is 0 Å². The third-order valence-corrected chi connectivity index (χ3v) is 6.06. The predicted octanol–water partition coefficient (Wildman–Crippen LogP) is 4.58. The molecule has 0 aliphatic heterocycles. The van der Waals surface area contributed by atoms with E-state index in [4.69, 9.17) is 0 Å². The first-order valence-corrected chi connectivity index (χ1v) is 10.3. The van der Waals surface area contributed by atoms with Crippen LogP contribution in [0, 0.1) is 0 Å². The lowest BCUT2D eigenvalue weighted by molar-refractivity contribution is -0.143. The highest BCUT2D eigenvalue weighted by atomic mass is 19.4. The zero-order valence-electron chi connectivity index (χ0n) is 16.3. The minimum Gasteiger partial charge on any atom is -0.348 e. The zero-order chi connectivity index (χ0) is 20.9. The first-order chi connectivity index (χ1) is 14.4. The Morgan fingerprint density at radius 1 is 1.10 bits per heavy atom. The van der Waals surface area contributed by atoms with Crippen molar-refractivity contribution < 1.29 is 18.0 Å². The van der Waals surface area contributed by atoms with Crippen LogP contribution in [0.5, 0.6) is 0 Å². The molecule has 2 aliphatic rings. The molecule has 0 bridgehead atoms. The molecule has 3 aromatic rings. The molecule has 0 saturated heterocycles. The molecule has 1 saturated carbocycles. The lowest BCUT2D eigenvalue weighted by atomic mass is 9.88. The molecule has 0 radical (unpaired) electrons. The molecule has 8 heteroatoms. The second-order valence-electron chi connectivity index (χ2n) is 8.05. The topological polar surface area (TPSA) is 59.3 Å². The Morgan fingerprint density at radius 2 is 1.87 bits per heavy atom. The molecule has 2 aromatic heterocycles. The number of benzene rings is 1. The lowest BCUT2D eigenvalue weighted by Gasteiger charge is -2.23. The number of rotatable bonds is 2. The largest absolute Gasteiger partial charge is 0.433 e. The van der Waals surface area contributed by atoms with Gasteiger partial charge < -0.3 is 5.32 Å². The third-order valence-electron chi connectivity index (χ3n) is 6.06. The van der Waals surface area contributed by atoms with Gasteiger partial charge >= 0.3 is 6.18 Å². The van der Waals surface area contributed by atoms with Crippen molar-refractivity contribution in [2.24, 2.45) is 0 Å². The summed E-state index contributed by atoms with van der Waals surface area (Å²) in [6.45, 7) is 0. The second kappa shape index (κ2) is 7.11. The summed E-state index contributed by atoms with van der Waals surface area (Å²) in [6.07, 6.45) is 1.13. The molecule has 30 heavy (non-hydrogen) atoms. The van der Waals surface area contributed by atoms with Crippen molar-refractivity contribution in [3.8, 4) is 11.3 Å². The minimum atomic E-state index is -4.61. The van der Waals surface area contributed by atoms with Gasteiger partial charge in [0.1, 0.15) is 0 Å². The fourth-order valence-corrected chi connectivity index (χ4v) is 4.63. The van der Waals surface area contributed by atoms with Crippen LogP contribution in [-0.2, 0) is 19.0 Å². The van der Waals surface area contributed by atoms with Crippen molar-refractivity contribution in [2.75, 3.05) is 0 Å². The van der Waals surface area contributed by atoms with Gasteiger partial charge in [-0.05, 0) is 31.2 Å². The molecule has 156 valence electrons. The number of alkyl halides is 3. The Hall–Kier alpha value is -2.90. The minimum absolute atomic E-state index is 0.0331. The van der Waals surface area contributed by atoms with Crippen LogP contribution >= 0.6 is 0 Å². The Balaban J connectivity index is 1.62. The SMILES string of the molecule is O=C(NC1CCCCC1)c1cc2nc3c(c(C(F)(F)F)n2n1)CCc1ccccc1-3. The number of amides is 1. The van der Waals surface area contributed by atoms with E-state index in [9.17, 15) is 18.0 Å². The molecule has 0 atom stereocenters. The highest BCUT2D eigenvalue weighted by Crippen LogP contribution is 2.40. The quantitative estimate of drug-likeness (QED) is 0.668. The van der Waals surface area contributed by atoms with E-state index in [-0.39, 0.29) is 29.4 Å². The van der Waals surface area contributed by atoms with Gasteiger partial charge in [-0.1, -0.05) is 43.5 Å². The monoisotopic (exact) mass is 414 g/mol. The number of aromatic nitrogens is 3. The zero-order valence-corrected chi connectivity index (χ0v) is 16.3. The van der Waals surface area contributed by atoms with Gasteiger partial charge in [-0.25, -0.2) is 9.50 Å². The van der Waals surface area contributed by atoms with E-state index in [1.807, 2.05) is 12.1 Å². The number of carbonyl (C=O) groups is 1. The molecule has 1 amide bonds. The van der Waals surface area contributed by atoms with Gasteiger partial charge in [-0.3, -0.25) is 4.79 Å². The number of halogens is 3. The van der Waals surface area contributed by atoms with Crippen LogP contribution in [0.15, 0.2) is 30.3 Å². The molecule has 2 aliphatic carbocycles. The molecule has 1 N–H and O–H groups in total. The number of hydrogen-bond acceptors (Lipinski definition) is 3. The molecular formula is C22H21F3N4O. The molecule has 0 spiro atoms. The third kappa shape index (κ3) is 3.24. The summed E-state index contributed by atoms with van der Waals surface area (Å²) >= 11 is 0. The van der Waals surface area contributed by atoms with Crippen LogP contribution in [0.4, 0.5) is 13.2 Å². The number of aryl methyl sites for hydroxylation is 1. The molecule has 1 fully saturated rings. The van der Waals surface area contributed by atoms with Crippen LogP contribution < -0.4 is 5.32 Å². The van der Waals surface area contributed by atoms with Gasteiger partial charge in [0.2, 0.25) is 0 Å². The van der Waals surface area contributed by atoms with E-state index in [0.29, 0.717) is 17.7 Å². The first kappa shape index (κ1) is 19.1. The van der Waals surface area contributed by atoms with Crippen LogP contribution in [0.3, 0.4) is 0 Å². The summed E-state index contributed by atoms with van der Waals surface area (Å²) in [5.74, 6) is -0.445. The van der Waals surface area contributed by atoms with Gasteiger partial charge in [0, 0.05) is 23.2 Å². The van der Waals surface area contributed by atoms with Gasteiger partial charge in [-0.15, -0.1) is 0 Å². The van der Waals surface area contributed by atoms with E-state index in [1.165, 1.54) is 6.07 Å². The van der Waals surface area contributed by atoms with Gasteiger partial charge in [-0.2, -0.15) is 18.3 Å². The van der Waals surface area contributed by atoms with Gasteiger partial charge in [0.05, 0.1) is 5.69 Å². The smallest absolute Gasteiger partial charge is 0.348 e. The first-order valence-electron chi connectivity index (χ1n) is 10.3.